The van der Waals surface area contributed by atoms with Crippen molar-refractivity contribution in [2.75, 3.05) is 32.7 Å². The highest BCUT2D eigenvalue weighted by atomic mass is 19.1. The Morgan fingerprint density at radius 2 is 2.00 bits per heavy atom. The predicted molar refractivity (Wildman–Crippen MR) is 112 cm³/mol. The molecule has 31 heavy (non-hydrogen) atoms. The van der Waals surface area contributed by atoms with E-state index in [0.717, 1.165) is 19.4 Å². The third-order valence-corrected chi connectivity index (χ3v) is 5.84. The molecular weight excluding hydrogens is 403 g/mol. The number of anilines is 1. The van der Waals surface area contributed by atoms with Crippen LogP contribution in [0.15, 0.2) is 36.4 Å². The molecule has 0 aromatic heterocycles. The van der Waals surface area contributed by atoms with Crippen LogP contribution in [0.1, 0.15) is 29.6 Å². The molecule has 4 rings (SSSR count). The van der Waals surface area contributed by atoms with E-state index in [9.17, 15) is 14.0 Å². The van der Waals surface area contributed by atoms with Crippen LogP contribution < -0.4 is 19.5 Å². The number of halogens is 1. The van der Waals surface area contributed by atoms with E-state index in [1.54, 1.807) is 18.2 Å². The van der Waals surface area contributed by atoms with Crippen LogP contribution in [0, 0.1) is 11.7 Å². The molecule has 1 saturated carbocycles. The van der Waals surface area contributed by atoms with Gasteiger partial charge >= 0.3 is 0 Å². The van der Waals surface area contributed by atoms with Gasteiger partial charge in [0.15, 0.2) is 18.1 Å². The maximum Gasteiger partial charge on any atom is 0.262 e. The van der Waals surface area contributed by atoms with E-state index in [0.29, 0.717) is 28.7 Å². The average Bonchev–Trinajstić information content (AvgIpc) is 3.40. The van der Waals surface area contributed by atoms with Crippen molar-refractivity contribution in [1.29, 1.82) is 0 Å². The number of hydrogen-bond acceptors (Lipinski definition) is 5. The van der Waals surface area contributed by atoms with Crippen LogP contribution in [0.2, 0.25) is 0 Å². The summed E-state index contributed by atoms with van der Waals surface area (Å²) in [6, 6.07) is 9.04. The number of carbonyl (C=O) groups is 2. The largest absolute Gasteiger partial charge is 0.493 e. The van der Waals surface area contributed by atoms with Crippen LogP contribution in [0.4, 0.5) is 10.1 Å². The molecule has 1 saturated heterocycles. The molecule has 2 aromatic rings. The van der Waals surface area contributed by atoms with Gasteiger partial charge in [-0.2, -0.15) is 0 Å². The lowest BCUT2D eigenvalue weighted by molar-refractivity contribution is -0.118. The summed E-state index contributed by atoms with van der Waals surface area (Å²) in [5.41, 5.74) is 0.731. The number of carbonyl (C=O) groups excluding carboxylic acids is 2. The second-order valence-electron chi connectivity index (χ2n) is 7.84. The molecule has 1 N–H and O–H groups in total. The van der Waals surface area contributed by atoms with E-state index in [1.165, 1.54) is 38.8 Å². The Morgan fingerprint density at radius 1 is 1.16 bits per heavy atom. The highest BCUT2D eigenvalue weighted by molar-refractivity contribution is 6.00. The van der Waals surface area contributed by atoms with E-state index in [-0.39, 0.29) is 24.3 Å². The Labute approximate surface area is 180 Å². The summed E-state index contributed by atoms with van der Waals surface area (Å²) in [5.74, 6) is 0.460. The van der Waals surface area contributed by atoms with Crippen molar-refractivity contribution in [3.63, 3.8) is 0 Å². The average molecular weight is 428 g/mol. The fraction of sp³-hybridized carbons (Fsp3) is 0.391. The number of fused-ring (bicyclic) bond motifs is 2. The fourth-order valence-corrected chi connectivity index (χ4v) is 4.41. The number of piperidine rings is 1. The summed E-state index contributed by atoms with van der Waals surface area (Å²) in [5, 5.41) is 2.71. The molecule has 7 nitrogen and oxygen atoms in total. The Morgan fingerprint density at radius 3 is 2.65 bits per heavy atom. The molecule has 164 valence electrons. The first-order valence-corrected chi connectivity index (χ1v) is 10.2. The van der Waals surface area contributed by atoms with Crippen molar-refractivity contribution in [3.8, 4) is 17.2 Å². The zero-order valence-electron chi connectivity index (χ0n) is 17.5. The standard InChI is InChI=1S/C23H25FN2O5/c1-29-20-10-15(23(28)26-12-14-6-7-17(26)8-14)9-19(22(20)30-2)25-21(27)13-31-18-5-3-4-16(24)11-18/h3-5,9-11,14,17H,6-8,12-13H2,1-2H3,(H,25,27)/t14-,17-/m0/s1. The number of ether oxygens (including phenoxy) is 3. The maximum absolute atomic E-state index is 13.3. The van der Waals surface area contributed by atoms with Crippen LogP contribution in [0.25, 0.3) is 0 Å². The Kier molecular flexibility index (Phi) is 5.97. The Bertz CT molecular complexity index is 996. The summed E-state index contributed by atoms with van der Waals surface area (Å²) in [4.78, 5) is 27.5. The van der Waals surface area contributed by atoms with Gasteiger partial charge in [0.05, 0.1) is 19.9 Å². The van der Waals surface area contributed by atoms with Crippen LogP contribution >= 0.6 is 0 Å². The van der Waals surface area contributed by atoms with Crippen molar-refractivity contribution in [3.05, 3.63) is 47.8 Å². The number of benzene rings is 2. The maximum atomic E-state index is 13.3. The van der Waals surface area contributed by atoms with Gasteiger partial charge in [-0.25, -0.2) is 4.39 Å². The van der Waals surface area contributed by atoms with Gasteiger partial charge in [-0.1, -0.05) is 6.07 Å². The SMILES string of the molecule is COc1cc(C(=O)N2C[C@H]3CC[C@H]2C3)cc(NC(=O)COc2cccc(F)c2)c1OC. The van der Waals surface area contributed by atoms with Crippen molar-refractivity contribution in [2.45, 2.75) is 25.3 Å². The number of amides is 2. The van der Waals surface area contributed by atoms with Gasteiger partial charge in [-0.3, -0.25) is 9.59 Å². The predicted octanol–water partition coefficient (Wildman–Crippen LogP) is 3.48. The Balaban J connectivity index is 1.52. The van der Waals surface area contributed by atoms with Crippen molar-refractivity contribution < 1.29 is 28.2 Å². The third-order valence-electron chi connectivity index (χ3n) is 5.84. The highest BCUT2D eigenvalue weighted by Crippen LogP contribution is 2.40. The van der Waals surface area contributed by atoms with Gasteiger partial charge in [0, 0.05) is 24.2 Å². The van der Waals surface area contributed by atoms with Gasteiger partial charge in [0.1, 0.15) is 11.6 Å². The normalized spacial score (nSPS) is 19.3. The Hall–Kier alpha value is -3.29. The molecule has 2 amide bonds. The molecule has 2 aromatic carbocycles. The molecular formula is C23H25FN2O5. The van der Waals surface area contributed by atoms with Crippen molar-refractivity contribution in [2.24, 2.45) is 5.92 Å². The second-order valence-corrected chi connectivity index (χ2v) is 7.84. The molecule has 2 fully saturated rings. The minimum atomic E-state index is -0.477. The van der Waals surface area contributed by atoms with Crippen LogP contribution in [0.3, 0.4) is 0 Å². The first-order chi connectivity index (χ1) is 15.0. The van der Waals surface area contributed by atoms with E-state index in [1.807, 2.05) is 4.90 Å². The number of likely N-dealkylation sites (tertiary alicyclic amines) is 1. The van der Waals surface area contributed by atoms with Gasteiger partial charge in [0.25, 0.3) is 11.8 Å². The van der Waals surface area contributed by atoms with E-state index in [2.05, 4.69) is 5.32 Å². The molecule has 0 spiro atoms. The van der Waals surface area contributed by atoms with Crippen LogP contribution in [-0.2, 0) is 4.79 Å². The van der Waals surface area contributed by atoms with Crippen molar-refractivity contribution in [1.82, 2.24) is 4.90 Å². The molecule has 1 aliphatic heterocycles. The molecule has 2 atom stereocenters. The lowest BCUT2D eigenvalue weighted by Gasteiger charge is -2.27. The minimum Gasteiger partial charge on any atom is -0.493 e. The number of nitrogens with zero attached hydrogens (tertiary/aromatic N) is 1. The summed E-state index contributed by atoms with van der Waals surface area (Å²) in [7, 11) is 2.93. The second kappa shape index (κ2) is 8.83. The van der Waals surface area contributed by atoms with E-state index in [4.69, 9.17) is 14.2 Å². The van der Waals surface area contributed by atoms with Gasteiger partial charge < -0.3 is 24.4 Å². The molecule has 0 unspecified atom stereocenters. The van der Waals surface area contributed by atoms with Crippen LogP contribution in [0.5, 0.6) is 17.2 Å². The fourth-order valence-electron chi connectivity index (χ4n) is 4.41. The van der Waals surface area contributed by atoms with Gasteiger partial charge in [-0.05, 0) is 49.4 Å². The minimum absolute atomic E-state index is 0.0836. The zero-order chi connectivity index (χ0) is 22.0. The quantitative estimate of drug-likeness (QED) is 0.731. The summed E-state index contributed by atoms with van der Waals surface area (Å²) < 4.78 is 29.4. The summed E-state index contributed by atoms with van der Waals surface area (Å²) in [6.07, 6.45) is 3.26. The topological polar surface area (TPSA) is 77.1 Å². The van der Waals surface area contributed by atoms with E-state index < -0.39 is 11.7 Å². The van der Waals surface area contributed by atoms with E-state index >= 15 is 0 Å². The first kappa shape index (κ1) is 21.0. The molecule has 2 aliphatic rings. The molecule has 1 aliphatic carbocycles. The highest BCUT2D eigenvalue weighted by Gasteiger charge is 2.40. The summed E-state index contributed by atoms with van der Waals surface area (Å²) in [6.45, 7) is 0.435. The number of nitrogens with one attached hydrogen (secondary N) is 1. The summed E-state index contributed by atoms with van der Waals surface area (Å²) >= 11 is 0. The molecule has 1 heterocycles. The number of hydrogen-bond donors (Lipinski definition) is 1. The molecule has 0 radical (unpaired) electrons. The monoisotopic (exact) mass is 428 g/mol. The molecule has 8 heteroatoms. The van der Waals surface area contributed by atoms with Crippen LogP contribution in [-0.4, -0.2) is 50.1 Å². The molecule has 2 bridgehead atoms. The van der Waals surface area contributed by atoms with Crippen molar-refractivity contribution >= 4 is 17.5 Å². The van der Waals surface area contributed by atoms with Gasteiger partial charge in [-0.15, -0.1) is 0 Å². The first-order valence-electron chi connectivity index (χ1n) is 10.2. The van der Waals surface area contributed by atoms with Gasteiger partial charge in [0.2, 0.25) is 0 Å². The lowest BCUT2D eigenvalue weighted by Crippen LogP contribution is -2.37. The number of methoxy groups -OCH3 is 2. The lowest BCUT2D eigenvalue weighted by atomic mass is 10.1. The third kappa shape index (κ3) is 4.42. The zero-order valence-corrected chi connectivity index (χ0v) is 17.5. The smallest absolute Gasteiger partial charge is 0.262 e. The number of rotatable bonds is 7.